The summed E-state index contributed by atoms with van der Waals surface area (Å²) in [6.07, 6.45) is 2.92. The SMILES string of the molecule is Cc1ccc(Cn2cccc(C(=O)N/N=C\c3ccc(O)c(O)c3)c2=O)cc1. The van der Waals surface area contributed by atoms with Crippen LogP contribution in [-0.4, -0.2) is 26.9 Å². The van der Waals surface area contributed by atoms with E-state index in [2.05, 4.69) is 10.5 Å². The number of carbonyl (C=O) groups excluding carboxylic acids is 1. The molecule has 0 saturated heterocycles. The van der Waals surface area contributed by atoms with E-state index in [9.17, 15) is 19.8 Å². The number of amides is 1. The van der Waals surface area contributed by atoms with Crippen LogP contribution >= 0.6 is 0 Å². The van der Waals surface area contributed by atoms with Gasteiger partial charge in [0.2, 0.25) is 0 Å². The largest absolute Gasteiger partial charge is 0.504 e. The van der Waals surface area contributed by atoms with Crippen LogP contribution in [0.5, 0.6) is 11.5 Å². The van der Waals surface area contributed by atoms with Crippen molar-refractivity contribution in [1.29, 1.82) is 0 Å². The van der Waals surface area contributed by atoms with Gasteiger partial charge in [-0.15, -0.1) is 0 Å². The molecule has 0 aliphatic rings. The first-order valence-electron chi connectivity index (χ1n) is 8.54. The summed E-state index contributed by atoms with van der Waals surface area (Å²) in [5, 5.41) is 22.5. The molecule has 1 heterocycles. The van der Waals surface area contributed by atoms with Crippen LogP contribution in [0.4, 0.5) is 0 Å². The second-order valence-corrected chi connectivity index (χ2v) is 6.29. The summed E-state index contributed by atoms with van der Waals surface area (Å²) in [6, 6.07) is 15.0. The lowest BCUT2D eigenvalue weighted by molar-refractivity contribution is 0.0953. The second kappa shape index (κ2) is 8.22. The van der Waals surface area contributed by atoms with E-state index in [1.54, 1.807) is 12.3 Å². The average molecular weight is 377 g/mol. The van der Waals surface area contributed by atoms with Gasteiger partial charge in [0.05, 0.1) is 12.8 Å². The molecule has 3 aromatic rings. The molecule has 0 bridgehead atoms. The van der Waals surface area contributed by atoms with E-state index in [-0.39, 0.29) is 17.1 Å². The number of phenols is 2. The Balaban J connectivity index is 1.73. The van der Waals surface area contributed by atoms with Crippen molar-refractivity contribution in [3.63, 3.8) is 0 Å². The zero-order chi connectivity index (χ0) is 20.1. The fourth-order valence-electron chi connectivity index (χ4n) is 2.57. The zero-order valence-electron chi connectivity index (χ0n) is 15.2. The first kappa shape index (κ1) is 18.9. The number of phenolic OH excluding ortho intramolecular Hbond substituents is 2. The number of carbonyl (C=O) groups is 1. The number of nitrogens with one attached hydrogen (secondary N) is 1. The minimum atomic E-state index is -0.637. The van der Waals surface area contributed by atoms with Gasteiger partial charge in [-0.1, -0.05) is 29.8 Å². The standard InChI is InChI=1S/C21H19N3O4/c1-14-4-6-15(7-5-14)13-24-10-2-3-17(21(24)28)20(27)23-22-12-16-8-9-18(25)19(26)11-16/h2-12,25-26H,13H2,1H3,(H,23,27)/b22-12-. The first-order chi connectivity index (χ1) is 13.4. The number of benzene rings is 2. The molecule has 0 spiro atoms. The molecule has 142 valence electrons. The molecule has 1 amide bonds. The van der Waals surface area contributed by atoms with Crippen molar-refractivity contribution in [2.75, 3.05) is 0 Å². The monoisotopic (exact) mass is 377 g/mol. The Bertz CT molecular complexity index is 1090. The van der Waals surface area contributed by atoms with Gasteiger partial charge < -0.3 is 14.8 Å². The molecule has 0 fully saturated rings. The molecule has 0 aliphatic carbocycles. The highest BCUT2D eigenvalue weighted by Gasteiger charge is 2.11. The highest BCUT2D eigenvalue weighted by Crippen LogP contribution is 2.23. The molecule has 1 aromatic heterocycles. The number of aromatic hydroxyl groups is 2. The van der Waals surface area contributed by atoms with Gasteiger partial charge in [-0.2, -0.15) is 5.10 Å². The number of hydrazone groups is 1. The van der Waals surface area contributed by atoms with E-state index in [0.717, 1.165) is 11.1 Å². The minimum Gasteiger partial charge on any atom is -0.504 e. The molecular formula is C21H19N3O4. The van der Waals surface area contributed by atoms with Crippen molar-refractivity contribution in [2.45, 2.75) is 13.5 Å². The molecule has 7 nitrogen and oxygen atoms in total. The Kier molecular flexibility index (Phi) is 5.55. The Labute approximate surface area is 161 Å². The summed E-state index contributed by atoms with van der Waals surface area (Å²) in [4.78, 5) is 24.9. The fourth-order valence-corrected chi connectivity index (χ4v) is 2.57. The summed E-state index contributed by atoms with van der Waals surface area (Å²) in [5.74, 6) is -1.18. The molecule has 3 rings (SSSR count). The summed E-state index contributed by atoms with van der Waals surface area (Å²) in [6.45, 7) is 2.34. The highest BCUT2D eigenvalue weighted by atomic mass is 16.3. The fraction of sp³-hybridized carbons (Fsp3) is 0.0952. The van der Waals surface area contributed by atoms with Gasteiger partial charge in [0, 0.05) is 6.20 Å². The molecule has 2 aromatic carbocycles. The third kappa shape index (κ3) is 4.45. The zero-order valence-corrected chi connectivity index (χ0v) is 15.2. The number of aromatic nitrogens is 1. The maximum absolute atomic E-state index is 12.6. The summed E-state index contributed by atoms with van der Waals surface area (Å²) >= 11 is 0. The van der Waals surface area contributed by atoms with Gasteiger partial charge in [0.15, 0.2) is 11.5 Å². The van der Waals surface area contributed by atoms with Gasteiger partial charge in [-0.05, 0) is 48.4 Å². The molecule has 3 N–H and O–H groups in total. The lowest BCUT2D eigenvalue weighted by Crippen LogP contribution is -2.30. The maximum atomic E-state index is 12.6. The Morgan fingerprint density at radius 3 is 2.57 bits per heavy atom. The van der Waals surface area contributed by atoms with Crippen LogP contribution in [0.25, 0.3) is 0 Å². The quantitative estimate of drug-likeness (QED) is 0.361. The summed E-state index contributed by atoms with van der Waals surface area (Å²) in [7, 11) is 0. The lowest BCUT2D eigenvalue weighted by atomic mass is 10.1. The van der Waals surface area contributed by atoms with Crippen molar-refractivity contribution < 1.29 is 15.0 Å². The first-order valence-corrected chi connectivity index (χ1v) is 8.54. The van der Waals surface area contributed by atoms with E-state index in [0.29, 0.717) is 12.1 Å². The molecule has 0 aliphatic heterocycles. The average Bonchev–Trinajstić information content (AvgIpc) is 2.68. The topological polar surface area (TPSA) is 104 Å². The Hall–Kier alpha value is -3.87. The van der Waals surface area contributed by atoms with E-state index < -0.39 is 11.5 Å². The number of hydrogen-bond donors (Lipinski definition) is 3. The number of pyridine rings is 1. The van der Waals surface area contributed by atoms with Crippen LogP contribution in [0.3, 0.4) is 0 Å². The van der Waals surface area contributed by atoms with Crippen LogP contribution in [0, 0.1) is 6.92 Å². The predicted molar refractivity (Wildman–Crippen MR) is 106 cm³/mol. The van der Waals surface area contributed by atoms with Crippen molar-refractivity contribution in [3.05, 3.63) is 93.4 Å². The maximum Gasteiger partial charge on any atom is 0.276 e. The third-order valence-corrected chi connectivity index (χ3v) is 4.12. The van der Waals surface area contributed by atoms with Gasteiger partial charge in [0.1, 0.15) is 5.56 Å². The van der Waals surface area contributed by atoms with Gasteiger partial charge >= 0.3 is 0 Å². The number of nitrogens with zero attached hydrogens (tertiary/aromatic N) is 2. The van der Waals surface area contributed by atoms with E-state index in [1.165, 1.54) is 35.0 Å². The van der Waals surface area contributed by atoms with Gasteiger partial charge in [0.25, 0.3) is 11.5 Å². The van der Waals surface area contributed by atoms with Crippen molar-refractivity contribution in [3.8, 4) is 11.5 Å². The van der Waals surface area contributed by atoms with Crippen LogP contribution in [0.15, 0.2) is 70.7 Å². The summed E-state index contributed by atoms with van der Waals surface area (Å²) < 4.78 is 1.46. The predicted octanol–water partition coefficient (Wildman–Crippen LogP) is 2.38. The molecule has 0 unspecified atom stereocenters. The van der Waals surface area contributed by atoms with Gasteiger partial charge in [-0.3, -0.25) is 9.59 Å². The third-order valence-electron chi connectivity index (χ3n) is 4.12. The molecule has 7 heteroatoms. The molecule has 0 atom stereocenters. The normalized spacial score (nSPS) is 10.9. The van der Waals surface area contributed by atoms with Crippen molar-refractivity contribution >= 4 is 12.1 Å². The van der Waals surface area contributed by atoms with Crippen LogP contribution < -0.4 is 11.0 Å². The van der Waals surface area contributed by atoms with Crippen molar-refractivity contribution in [1.82, 2.24) is 9.99 Å². The van der Waals surface area contributed by atoms with E-state index >= 15 is 0 Å². The van der Waals surface area contributed by atoms with Gasteiger partial charge in [-0.25, -0.2) is 5.43 Å². The van der Waals surface area contributed by atoms with E-state index in [1.807, 2.05) is 31.2 Å². The second-order valence-electron chi connectivity index (χ2n) is 6.29. The highest BCUT2D eigenvalue weighted by molar-refractivity contribution is 5.94. The van der Waals surface area contributed by atoms with Crippen LogP contribution in [-0.2, 0) is 6.54 Å². The van der Waals surface area contributed by atoms with Crippen molar-refractivity contribution in [2.24, 2.45) is 5.10 Å². The molecule has 0 radical (unpaired) electrons. The number of rotatable bonds is 5. The lowest BCUT2D eigenvalue weighted by Gasteiger charge is -2.08. The number of aryl methyl sites for hydroxylation is 1. The number of hydrogen-bond acceptors (Lipinski definition) is 5. The van der Waals surface area contributed by atoms with E-state index in [4.69, 9.17) is 0 Å². The summed E-state index contributed by atoms with van der Waals surface area (Å²) in [5.41, 5.74) is 4.40. The molecule has 28 heavy (non-hydrogen) atoms. The van der Waals surface area contributed by atoms with Crippen LogP contribution in [0.1, 0.15) is 27.0 Å². The Morgan fingerprint density at radius 2 is 1.86 bits per heavy atom. The minimum absolute atomic E-state index is 0.0275. The molecular weight excluding hydrogens is 358 g/mol. The Morgan fingerprint density at radius 1 is 1.11 bits per heavy atom. The molecule has 0 saturated carbocycles. The van der Waals surface area contributed by atoms with Crippen LogP contribution in [0.2, 0.25) is 0 Å². The smallest absolute Gasteiger partial charge is 0.276 e.